The summed E-state index contributed by atoms with van der Waals surface area (Å²) in [6.45, 7) is 0. The molecule has 3 N–H and O–H groups in total. The van der Waals surface area contributed by atoms with Crippen LogP contribution in [0.5, 0.6) is 11.5 Å². The molecule has 3 aromatic rings. The number of para-hydroxylation sites is 1. The molecule has 1 aliphatic carbocycles. The average molecular weight is 403 g/mol. The Balaban J connectivity index is 1.87. The van der Waals surface area contributed by atoms with Crippen LogP contribution in [-0.2, 0) is 0 Å². The molecule has 0 amide bonds. The quantitative estimate of drug-likeness (QED) is 0.618. The van der Waals surface area contributed by atoms with Gasteiger partial charge in [0.25, 0.3) is 5.56 Å². The molecule has 5 rings (SSSR count). The normalized spacial score (nSPS) is 16.5. The summed E-state index contributed by atoms with van der Waals surface area (Å²) in [7, 11) is 3.02. The molecule has 1 atom stereocenters. The van der Waals surface area contributed by atoms with Crippen LogP contribution in [0.3, 0.4) is 0 Å². The van der Waals surface area contributed by atoms with Gasteiger partial charge < -0.3 is 14.8 Å². The van der Waals surface area contributed by atoms with E-state index in [0.29, 0.717) is 33.9 Å². The minimum atomic E-state index is -0.762. The van der Waals surface area contributed by atoms with Crippen LogP contribution in [0.15, 0.2) is 57.6 Å². The van der Waals surface area contributed by atoms with Crippen molar-refractivity contribution in [1.82, 2.24) is 9.97 Å². The number of rotatable bonds is 3. The molecular weight excluding hydrogens is 386 g/mol. The molecule has 2 aromatic carbocycles. The first-order chi connectivity index (χ1) is 14.5. The largest absolute Gasteiger partial charge is 0.493 e. The lowest BCUT2D eigenvalue weighted by atomic mass is 9.81. The first-order valence-corrected chi connectivity index (χ1v) is 9.27. The molecule has 1 aromatic heterocycles. The number of nitrogens with one attached hydrogen (secondary N) is 3. The Morgan fingerprint density at radius 3 is 2.37 bits per heavy atom. The number of methoxy groups -OCH3 is 2. The Labute approximate surface area is 170 Å². The van der Waals surface area contributed by atoms with E-state index in [4.69, 9.17) is 9.47 Å². The molecule has 30 heavy (non-hydrogen) atoms. The van der Waals surface area contributed by atoms with Crippen molar-refractivity contribution in [1.29, 1.82) is 0 Å². The maximum Gasteiger partial charge on any atom is 0.327 e. The van der Waals surface area contributed by atoms with Gasteiger partial charge in [-0.1, -0.05) is 36.4 Å². The molecule has 8 nitrogen and oxygen atoms in total. The Morgan fingerprint density at radius 1 is 0.867 bits per heavy atom. The SMILES string of the molecule is COc1cccc([C@@H]2C3=C(Nc4[nH]c(=O)[nH]c(=O)c42)c2ccccc2C3=O)c1OC. The van der Waals surface area contributed by atoms with Gasteiger partial charge in [0.1, 0.15) is 5.82 Å². The number of allylic oxidation sites excluding steroid dienone is 1. The van der Waals surface area contributed by atoms with Gasteiger partial charge in [0.2, 0.25) is 0 Å². The number of aromatic amines is 2. The summed E-state index contributed by atoms with van der Waals surface area (Å²) in [4.78, 5) is 43.1. The number of Topliss-reactive ketones (excluding diaryl/α,β-unsaturated/α-hetero) is 1. The van der Waals surface area contributed by atoms with Gasteiger partial charge in [-0.3, -0.25) is 19.6 Å². The van der Waals surface area contributed by atoms with E-state index < -0.39 is 17.2 Å². The Kier molecular flexibility index (Phi) is 3.89. The zero-order valence-corrected chi connectivity index (χ0v) is 16.2. The smallest absolute Gasteiger partial charge is 0.327 e. The maximum atomic E-state index is 13.4. The van der Waals surface area contributed by atoms with Crippen LogP contribution in [0.2, 0.25) is 0 Å². The van der Waals surface area contributed by atoms with Crippen LogP contribution in [0, 0.1) is 0 Å². The summed E-state index contributed by atoms with van der Waals surface area (Å²) in [5.41, 5.74) is 1.86. The molecule has 1 aliphatic heterocycles. The zero-order valence-electron chi connectivity index (χ0n) is 16.2. The van der Waals surface area contributed by atoms with Crippen LogP contribution >= 0.6 is 0 Å². The predicted octanol–water partition coefficient (Wildman–Crippen LogP) is 2.25. The molecule has 150 valence electrons. The molecule has 0 saturated heterocycles. The van der Waals surface area contributed by atoms with E-state index in [2.05, 4.69) is 15.3 Å². The third-order valence-electron chi connectivity index (χ3n) is 5.51. The fourth-order valence-corrected chi connectivity index (χ4v) is 4.30. The predicted molar refractivity (Wildman–Crippen MR) is 110 cm³/mol. The highest BCUT2D eigenvalue weighted by Gasteiger charge is 2.43. The molecule has 2 aliphatic rings. The van der Waals surface area contributed by atoms with E-state index in [1.54, 1.807) is 30.3 Å². The molecule has 2 heterocycles. The fraction of sp³-hybridized carbons (Fsp3) is 0.136. The van der Waals surface area contributed by atoms with Crippen LogP contribution in [-0.4, -0.2) is 30.0 Å². The number of fused-ring (bicyclic) bond motifs is 3. The van der Waals surface area contributed by atoms with E-state index in [1.807, 2.05) is 12.1 Å². The second-order valence-corrected chi connectivity index (χ2v) is 7.00. The number of ether oxygens (including phenoxy) is 2. The second kappa shape index (κ2) is 6.48. The highest BCUT2D eigenvalue weighted by atomic mass is 16.5. The molecule has 0 spiro atoms. The van der Waals surface area contributed by atoms with Gasteiger partial charge in [0, 0.05) is 22.3 Å². The van der Waals surface area contributed by atoms with Crippen LogP contribution < -0.4 is 26.0 Å². The number of anilines is 1. The summed E-state index contributed by atoms with van der Waals surface area (Å²) in [6.07, 6.45) is 0. The van der Waals surface area contributed by atoms with Crippen LogP contribution in [0.1, 0.15) is 33.0 Å². The Morgan fingerprint density at radius 2 is 1.63 bits per heavy atom. The summed E-state index contributed by atoms with van der Waals surface area (Å²) in [5, 5.41) is 3.10. The van der Waals surface area contributed by atoms with E-state index in [0.717, 1.165) is 5.56 Å². The van der Waals surface area contributed by atoms with Crippen LogP contribution in [0.25, 0.3) is 5.70 Å². The maximum absolute atomic E-state index is 13.4. The van der Waals surface area contributed by atoms with Gasteiger partial charge in [-0.25, -0.2) is 4.79 Å². The van der Waals surface area contributed by atoms with Crippen molar-refractivity contribution < 1.29 is 14.3 Å². The van der Waals surface area contributed by atoms with E-state index in [-0.39, 0.29) is 17.2 Å². The Bertz CT molecular complexity index is 1370. The molecule has 0 saturated carbocycles. The lowest BCUT2D eigenvalue weighted by molar-refractivity contribution is 0.103. The Hall–Kier alpha value is -4.07. The van der Waals surface area contributed by atoms with Gasteiger partial charge in [0.15, 0.2) is 17.3 Å². The van der Waals surface area contributed by atoms with E-state index in [9.17, 15) is 14.4 Å². The molecular formula is C22H17N3O5. The monoisotopic (exact) mass is 403 g/mol. The summed E-state index contributed by atoms with van der Waals surface area (Å²) < 4.78 is 11.0. The van der Waals surface area contributed by atoms with Crippen molar-refractivity contribution in [3.63, 3.8) is 0 Å². The van der Waals surface area contributed by atoms with Crippen molar-refractivity contribution in [2.75, 3.05) is 19.5 Å². The lowest BCUT2D eigenvalue weighted by Gasteiger charge is -2.28. The standard InChI is InChI=1S/C22H17N3O5/c1-29-13-9-5-8-12(19(13)30-2)14-15-17(10-6-3-4-7-11(10)18(15)26)23-20-16(14)21(27)25-22(28)24-20/h3-9,14H,1-2H3,(H3,23,24,25,27,28)/t14-/m1/s1. The van der Waals surface area contributed by atoms with Gasteiger partial charge >= 0.3 is 5.69 Å². The van der Waals surface area contributed by atoms with Crippen molar-refractivity contribution >= 4 is 17.3 Å². The number of aromatic nitrogens is 2. The number of hydrogen-bond acceptors (Lipinski definition) is 6. The zero-order chi connectivity index (χ0) is 21.0. The number of ketones is 1. The number of hydrogen-bond donors (Lipinski definition) is 3. The van der Waals surface area contributed by atoms with Gasteiger partial charge in [-0.15, -0.1) is 0 Å². The van der Waals surface area contributed by atoms with E-state index >= 15 is 0 Å². The third kappa shape index (κ3) is 2.37. The summed E-state index contributed by atoms with van der Waals surface area (Å²) in [5.74, 6) is 0.197. The van der Waals surface area contributed by atoms with Crippen molar-refractivity contribution in [3.05, 3.63) is 91.1 Å². The topological polar surface area (TPSA) is 113 Å². The van der Waals surface area contributed by atoms with Crippen molar-refractivity contribution in [2.24, 2.45) is 0 Å². The third-order valence-corrected chi connectivity index (χ3v) is 5.51. The number of carbonyl (C=O) groups is 1. The first-order valence-electron chi connectivity index (χ1n) is 9.27. The number of benzene rings is 2. The molecule has 8 heteroatoms. The van der Waals surface area contributed by atoms with Gasteiger partial charge in [-0.2, -0.15) is 0 Å². The highest BCUT2D eigenvalue weighted by Crippen LogP contribution is 2.50. The lowest BCUT2D eigenvalue weighted by Crippen LogP contribution is -2.33. The van der Waals surface area contributed by atoms with Crippen molar-refractivity contribution in [3.8, 4) is 11.5 Å². The molecule has 0 unspecified atom stereocenters. The average Bonchev–Trinajstić information content (AvgIpc) is 3.03. The summed E-state index contributed by atoms with van der Waals surface area (Å²) in [6, 6.07) is 12.5. The second-order valence-electron chi connectivity index (χ2n) is 7.00. The van der Waals surface area contributed by atoms with Crippen molar-refractivity contribution in [2.45, 2.75) is 5.92 Å². The summed E-state index contributed by atoms with van der Waals surface area (Å²) >= 11 is 0. The van der Waals surface area contributed by atoms with Crippen LogP contribution in [0.4, 0.5) is 5.82 Å². The molecule has 0 radical (unpaired) electrons. The highest BCUT2D eigenvalue weighted by molar-refractivity contribution is 6.23. The number of H-pyrrole nitrogens is 2. The molecule has 0 fully saturated rings. The first kappa shape index (κ1) is 18.0. The molecule has 0 bridgehead atoms. The minimum Gasteiger partial charge on any atom is -0.493 e. The van der Waals surface area contributed by atoms with E-state index in [1.165, 1.54) is 14.2 Å². The number of carbonyl (C=O) groups excluding carboxylic acids is 1. The van der Waals surface area contributed by atoms with Gasteiger partial charge in [-0.05, 0) is 6.07 Å². The fourth-order valence-electron chi connectivity index (χ4n) is 4.30. The van der Waals surface area contributed by atoms with Gasteiger partial charge in [0.05, 0.1) is 31.4 Å². The minimum absolute atomic E-state index is 0.181.